The lowest BCUT2D eigenvalue weighted by Gasteiger charge is -2.27. The third-order valence-corrected chi connectivity index (χ3v) is 4.88. The molecule has 0 aromatic heterocycles. The van der Waals surface area contributed by atoms with Gasteiger partial charge in [-0.15, -0.1) is 0 Å². The molecule has 2 rings (SSSR count). The second-order valence-electron chi connectivity index (χ2n) is 5.00. The van der Waals surface area contributed by atoms with Crippen LogP contribution < -0.4 is 10.1 Å². The van der Waals surface area contributed by atoms with Crippen LogP contribution in [0.5, 0.6) is 5.75 Å². The number of carbonyl (C=O) groups is 1. The fourth-order valence-electron chi connectivity index (χ4n) is 2.48. The molecule has 3 nitrogen and oxygen atoms in total. The highest BCUT2D eigenvalue weighted by atomic mass is 79.9. The Balaban J connectivity index is 1.89. The molecule has 104 valence electrons. The Hall–Kier alpha value is -1.03. The number of rotatable bonds is 4. The molecule has 0 saturated heterocycles. The molecule has 1 aliphatic carbocycles. The normalized spacial score (nSPS) is 22.8. The molecule has 1 aromatic rings. The average molecular weight is 326 g/mol. The molecule has 2 atom stereocenters. The summed E-state index contributed by atoms with van der Waals surface area (Å²) in [6.45, 7) is 0.742. The molecule has 0 bridgehead atoms. The van der Waals surface area contributed by atoms with Crippen molar-refractivity contribution >= 4 is 21.8 Å². The van der Waals surface area contributed by atoms with Gasteiger partial charge in [-0.25, -0.2) is 0 Å². The van der Waals surface area contributed by atoms with Crippen LogP contribution >= 0.6 is 15.9 Å². The van der Waals surface area contributed by atoms with E-state index in [2.05, 4.69) is 21.2 Å². The van der Waals surface area contributed by atoms with Crippen molar-refractivity contribution < 1.29 is 9.53 Å². The molecule has 1 aliphatic rings. The van der Waals surface area contributed by atoms with Gasteiger partial charge < -0.3 is 10.1 Å². The zero-order valence-corrected chi connectivity index (χ0v) is 12.8. The van der Waals surface area contributed by atoms with E-state index >= 15 is 0 Å². The van der Waals surface area contributed by atoms with Gasteiger partial charge in [-0.2, -0.15) is 0 Å². The molecule has 1 N–H and O–H groups in total. The summed E-state index contributed by atoms with van der Waals surface area (Å²) in [6.07, 6.45) is 4.95. The van der Waals surface area contributed by atoms with Crippen LogP contribution in [0, 0.1) is 5.92 Å². The molecule has 19 heavy (non-hydrogen) atoms. The maximum atomic E-state index is 12.1. The summed E-state index contributed by atoms with van der Waals surface area (Å²) in [6, 6.07) is 7.25. The van der Waals surface area contributed by atoms with Gasteiger partial charge in [-0.3, -0.25) is 4.79 Å². The van der Waals surface area contributed by atoms with Gasteiger partial charge in [0.2, 0.25) is 0 Å². The lowest BCUT2D eigenvalue weighted by Crippen LogP contribution is -2.34. The molecular formula is C15H20BrNO2. The molecule has 1 amide bonds. The van der Waals surface area contributed by atoms with Crippen LogP contribution in [0.3, 0.4) is 0 Å². The minimum Gasteiger partial charge on any atom is -0.497 e. The Morgan fingerprint density at radius 1 is 1.42 bits per heavy atom. The Labute approximate surface area is 122 Å². The number of carbonyl (C=O) groups excluding carboxylic acids is 1. The summed E-state index contributed by atoms with van der Waals surface area (Å²) in [5.74, 6) is 1.23. The summed E-state index contributed by atoms with van der Waals surface area (Å²) in [4.78, 5) is 12.6. The van der Waals surface area contributed by atoms with Crippen molar-refractivity contribution in [3.63, 3.8) is 0 Å². The minimum atomic E-state index is -0.0239. The van der Waals surface area contributed by atoms with Crippen molar-refractivity contribution in [2.24, 2.45) is 5.92 Å². The third kappa shape index (κ3) is 3.96. The maximum absolute atomic E-state index is 12.1. The van der Waals surface area contributed by atoms with E-state index in [0.717, 1.165) is 6.54 Å². The molecule has 0 radical (unpaired) electrons. The monoisotopic (exact) mass is 325 g/mol. The summed E-state index contributed by atoms with van der Waals surface area (Å²) >= 11 is 3.71. The quantitative estimate of drug-likeness (QED) is 0.862. The average Bonchev–Trinajstić information content (AvgIpc) is 2.46. The van der Waals surface area contributed by atoms with Crippen LogP contribution in [0.2, 0.25) is 0 Å². The molecule has 4 heteroatoms. The van der Waals surface area contributed by atoms with Gasteiger partial charge in [0, 0.05) is 16.9 Å². The SMILES string of the molecule is COc1cccc(C(=O)NCC2CCCCC2Br)c1. The van der Waals surface area contributed by atoms with Crippen LogP contribution in [-0.2, 0) is 0 Å². The number of hydrogen-bond donors (Lipinski definition) is 1. The summed E-state index contributed by atoms with van der Waals surface area (Å²) in [7, 11) is 1.61. The predicted molar refractivity (Wildman–Crippen MR) is 80.0 cm³/mol. The molecular weight excluding hydrogens is 306 g/mol. The summed E-state index contributed by atoms with van der Waals surface area (Å²) < 4.78 is 5.13. The number of amides is 1. The van der Waals surface area contributed by atoms with E-state index in [-0.39, 0.29) is 5.91 Å². The first-order valence-corrected chi connectivity index (χ1v) is 7.68. The Kier molecular flexibility index (Phi) is 5.25. The topological polar surface area (TPSA) is 38.3 Å². The highest BCUT2D eigenvalue weighted by Crippen LogP contribution is 2.29. The van der Waals surface area contributed by atoms with E-state index in [9.17, 15) is 4.79 Å². The Bertz CT molecular complexity index is 436. The molecule has 1 fully saturated rings. The fraction of sp³-hybridized carbons (Fsp3) is 0.533. The first-order chi connectivity index (χ1) is 9.20. The van der Waals surface area contributed by atoms with E-state index in [1.807, 2.05) is 18.2 Å². The van der Waals surface area contributed by atoms with Crippen molar-refractivity contribution in [1.82, 2.24) is 5.32 Å². The van der Waals surface area contributed by atoms with Crippen molar-refractivity contribution in [1.29, 1.82) is 0 Å². The molecule has 1 saturated carbocycles. The molecule has 0 aliphatic heterocycles. The van der Waals surface area contributed by atoms with Crippen LogP contribution in [0.15, 0.2) is 24.3 Å². The van der Waals surface area contributed by atoms with E-state index in [4.69, 9.17) is 4.74 Å². The van der Waals surface area contributed by atoms with Crippen LogP contribution in [0.4, 0.5) is 0 Å². The largest absolute Gasteiger partial charge is 0.497 e. The van der Waals surface area contributed by atoms with Gasteiger partial charge in [-0.05, 0) is 37.0 Å². The van der Waals surface area contributed by atoms with Crippen molar-refractivity contribution in [2.45, 2.75) is 30.5 Å². The lowest BCUT2D eigenvalue weighted by molar-refractivity contribution is 0.0944. The van der Waals surface area contributed by atoms with E-state index < -0.39 is 0 Å². The van der Waals surface area contributed by atoms with Crippen LogP contribution in [0.1, 0.15) is 36.0 Å². The highest BCUT2D eigenvalue weighted by Gasteiger charge is 2.23. The number of benzene rings is 1. The highest BCUT2D eigenvalue weighted by molar-refractivity contribution is 9.09. The number of nitrogens with one attached hydrogen (secondary N) is 1. The van der Waals surface area contributed by atoms with Gasteiger partial charge in [0.15, 0.2) is 0 Å². The zero-order valence-electron chi connectivity index (χ0n) is 11.2. The fourth-order valence-corrected chi connectivity index (χ4v) is 3.26. The van der Waals surface area contributed by atoms with Crippen molar-refractivity contribution in [3.05, 3.63) is 29.8 Å². The molecule has 0 heterocycles. The van der Waals surface area contributed by atoms with E-state index in [1.165, 1.54) is 25.7 Å². The molecule has 2 unspecified atom stereocenters. The van der Waals surface area contributed by atoms with Crippen LogP contribution in [-0.4, -0.2) is 24.4 Å². The van der Waals surface area contributed by atoms with Gasteiger partial charge in [-0.1, -0.05) is 34.8 Å². The van der Waals surface area contributed by atoms with Crippen molar-refractivity contribution in [3.8, 4) is 5.75 Å². The first-order valence-electron chi connectivity index (χ1n) is 6.77. The standard InChI is InChI=1S/C15H20BrNO2/c1-19-13-7-4-6-11(9-13)15(18)17-10-12-5-2-3-8-14(12)16/h4,6-7,9,12,14H,2-3,5,8,10H2,1H3,(H,17,18). The molecule has 0 spiro atoms. The maximum Gasteiger partial charge on any atom is 0.251 e. The van der Waals surface area contributed by atoms with Gasteiger partial charge >= 0.3 is 0 Å². The minimum absolute atomic E-state index is 0.0239. The van der Waals surface area contributed by atoms with Crippen LogP contribution in [0.25, 0.3) is 0 Å². The summed E-state index contributed by atoms with van der Waals surface area (Å²) in [5, 5.41) is 3.03. The third-order valence-electron chi connectivity index (χ3n) is 3.67. The van der Waals surface area contributed by atoms with Gasteiger partial charge in [0.25, 0.3) is 5.91 Å². The predicted octanol–water partition coefficient (Wildman–Crippen LogP) is 3.38. The molecule has 1 aromatic carbocycles. The van der Waals surface area contributed by atoms with Gasteiger partial charge in [0.1, 0.15) is 5.75 Å². The second-order valence-corrected chi connectivity index (χ2v) is 6.18. The number of halogens is 1. The van der Waals surface area contributed by atoms with E-state index in [0.29, 0.717) is 22.1 Å². The lowest BCUT2D eigenvalue weighted by atomic mass is 9.89. The summed E-state index contributed by atoms with van der Waals surface area (Å²) in [5.41, 5.74) is 0.654. The van der Waals surface area contributed by atoms with Gasteiger partial charge in [0.05, 0.1) is 7.11 Å². The second kappa shape index (κ2) is 6.94. The number of alkyl halides is 1. The number of methoxy groups -OCH3 is 1. The number of hydrogen-bond acceptors (Lipinski definition) is 2. The van der Waals surface area contributed by atoms with E-state index in [1.54, 1.807) is 13.2 Å². The Morgan fingerprint density at radius 2 is 2.21 bits per heavy atom. The smallest absolute Gasteiger partial charge is 0.251 e. The first kappa shape index (κ1) is 14.4. The Morgan fingerprint density at radius 3 is 2.95 bits per heavy atom. The van der Waals surface area contributed by atoms with Crippen molar-refractivity contribution in [2.75, 3.05) is 13.7 Å². The zero-order chi connectivity index (χ0) is 13.7. The number of ether oxygens (including phenoxy) is 1.